The first kappa shape index (κ1) is 31.6. The fourth-order valence-corrected chi connectivity index (χ4v) is 8.15. The Morgan fingerprint density at radius 2 is 1.77 bits per heavy atom. The molecule has 2 aromatic carbocycles. The van der Waals surface area contributed by atoms with Gasteiger partial charge in [0.2, 0.25) is 15.7 Å². The van der Waals surface area contributed by atoms with Gasteiger partial charge in [0.1, 0.15) is 5.84 Å². The zero-order valence-electron chi connectivity index (χ0n) is 21.1. The molecule has 0 radical (unpaired) electrons. The average molecular weight is 635 g/mol. The summed E-state index contributed by atoms with van der Waals surface area (Å²) in [5, 5.41) is 10.3. The third-order valence-electron chi connectivity index (χ3n) is 5.56. The zero-order valence-corrected chi connectivity index (χ0v) is 24.4. The number of halogens is 3. The summed E-state index contributed by atoms with van der Waals surface area (Å²) >= 11 is 2.33. The molecule has 3 aromatic rings. The summed E-state index contributed by atoms with van der Waals surface area (Å²) < 4.78 is 88.5. The highest BCUT2D eigenvalue weighted by molar-refractivity contribution is 8.01. The summed E-state index contributed by atoms with van der Waals surface area (Å²) in [5.74, 6) is -0.810. The number of benzene rings is 2. The molecule has 40 heavy (non-hydrogen) atoms. The second-order valence-corrected chi connectivity index (χ2v) is 14.2. The first-order valence-corrected chi connectivity index (χ1v) is 16.4. The van der Waals surface area contributed by atoms with Gasteiger partial charge >= 0.3 is 15.5 Å². The molecule has 9 nitrogen and oxygen atoms in total. The Morgan fingerprint density at radius 3 is 2.40 bits per heavy atom. The van der Waals surface area contributed by atoms with E-state index in [1.807, 2.05) is 0 Å². The molecule has 5 N–H and O–H groups in total. The van der Waals surface area contributed by atoms with Crippen LogP contribution in [0.15, 0.2) is 62.5 Å². The Bertz CT molecular complexity index is 1650. The lowest BCUT2D eigenvalue weighted by atomic mass is 9.98. The highest BCUT2D eigenvalue weighted by Gasteiger charge is 2.45. The van der Waals surface area contributed by atoms with E-state index in [1.54, 1.807) is 43.5 Å². The average Bonchev–Trinajstić information content (AvgIpc) is 3.32. The van der Waals surface area contributed by atoms with Gasteiger partial charge in [-0.05, 0) is 55.0 Å². The summed E-state index contributed by atoms with van der Waals surface area (Å²) in [6.45, 7) is 1.18. The smallest absolute Gasteiger partial charge is 0.383 e. The lowest BCUT2D eigenvalue weighted by Gasteiger charge is -2.15. The van der Waals surface area contributed by atoms with Gasteiger partial charge in [0.15, 0.2) is 0 Å². The van der Waals surface area contributed by atoms with E-state index < -0.39 is 37.8 Å². The molecule has 216 valence electrons. The zero-order chi connectivity index (χ0) is 29.9. The third kappa shape index (κ3) is 7.04. The molecule has 0 fully saturated rings. The van der Waals surface area contributed by atoms with Crippen LogP contribution in [-0.2, 0) is 24.7 Å². The number of sulfonamides is 1. The van der Waals surface area contributed by atoms with E-state index in [4.69, 9.17) is 11.1 Å². The molecule has 0 aliphatic heterocycles. The fourth-order valence-electron chi connectivity index (χ4n) is 3.67. The molecule has 1 aromatic heterocycles. The minimum atomic E-state index is -5.49. The number of hydrogen-bond acceptors (Lipinski definition) is 8. The first-order valence-electron chi connectivity index (χ1n) is 11.4. The molecular formula is C24H25F3N4O5S4. The number of carbonyl (C=O) groups is 1. The minimum absolute atomic E-state index is 0.00863. The van der Waals surface area contributed by atoms with Crippen LogP contribution < -0.4 is 15.8 Å². The van der Waals surface area contributed by atoms with Crippen LogP contribution in [0.4, 0.5) is 18.9 Å². The maximum absolute atomic E-state index is 13.6. The lowest BCUT2D eigenvalue weighted by Crippen LogP contribution is -2.37. The number of nitrogen functional groups attached to an aromatic ring is 1. The molecule has 0 spiro atoms. The van der Waals surface area contributed by atoms with Crippen molar-refractivity contribution in [1.82, 2.24) is 4.72 Å². The van der Waals surface area contributed by atoms with Crippen molar-refractivity contribution in [1.29, 1.82) is 5.41 Å². The Hall–Kier alpha value is -2.92. The maximum Gasteiger partial charge on any atom is 0.511 e. The molecule has 0 bridgehead atoms. The maximum atomic E-state index is 13.6. The van der Waals surface area contributed by atoms with Crippen molar-refractivity contribution in [2.24, 2.45) is 5.73 Å². The summed E-state index contributed by atoms with van der Waals surface area (Å²) in [6, 6.07) is 12.5. The number of hydrogen-bond donors (Lipinski definition) is 4. The van der Waals surface area contributed by atoms with Crippen molar-refractivity contribution in [3.8, 4) is 11.1 Å². The van der Waals surface area contributed by atoms with Gasteiger partial charge in [-0.2, -0.15) is 13.2 Å². The van der Waals surface area contributed by atoms with E-state index in [9.17, 15) is 34.8 Å². The van der Waals surface area contributed by atoms with Gasteiger partial charge in [-0.1, -0.05) is 24.3 Å². The van der Waals surface area contributed by atoms with Gasteiger partial charge in [-0.15, -0.1) is 23.1 Å². The predicted octanol–water partition coefficient (Wildman–Crippen LogP) is 4.72. The van der Waals surface area contributed by atoms with Crippen LogP contribution in [0.3, 0.4) is 0 Å². The normalized spacial score (nSPS) is 12.3. The van der Waals surface area contributed by atoms with Crippen molar-refractivity contribution in [3.63, 3.8) is 0 Å². The summed E-state index contributed by atoms with van der Waals surface area (Å²) in [4.78, 5) is 12.9. The molecule has 16 heteroatoms. The van der Waals surface area contributed by atoms with Gasteiger partial charge in [-0.3, -0.25) is 10.2 Å². The fraction of sp³-hybridized carbons (Fsp3) is 0.250. The van der Waals surface area contributed by atoms with E-state index in [1.165, 1.54) is 34.7 Å². The molecule has 1 amide bonds. The number of nitrogens with one attached hydrogen (secondary N) is 3. The Morgan fingerprint density at radius 1 is 1.10 bits per heavy atom. The predicted molar refractivity (Wildman–Crippen MR) is 150 cm³/mol. The first-order chi connectivity index (χ1) is 18.6. The van der Waals surface area contributed by atoms with E-state index in [2.05, 4.69) is 5.32 Å². The number of rotatable bonds is 11. The molecule has 1 heterocycles. The lowest BCUT2D eigenvalue weighted by molar-refractivity contribution is -0.116. The molecule has 0 saturated heterocycles. The van der Waals surface area contributed by atoms with E-state index >= 15 is 0 Å². The number of amides is 1. The number of thioether (sulfide) groups is 1. The van der Waals surface area contributed by atoms with Gasteiger partial charge in [0, 0.05) is 24.2 Å². The molecule has 0 unspecified atom stereocenters. The minimum Gasteiger partial charge on any atom is -0.383 e. The summed E-state index contributed by atoms with van der Waals surface area (Å²) in [6.07, 6.45) is 1.27. The summed E-state index contributed by atoms with van der Waals surface area (Å²) in [5.41, 5.74) is 2.19. The summed E-state index contributed by atoms with van der Waals surface area (Å²) in [7, 11) is -9.49. The highest BCUT2D eigenvalue weighted by atomic mass is 32.2. The Balaban J connectivity index is 1.86. The van der Waals surface area contributed by atoms with Crippen LogP contribution in [-0.4, -0.2) is 46.9 Å². The quantitative estimate of drug-likeness (QED) is 0.103. The van der Waals surface area contributed by atoms with Crippen molar-refractivity contribution < 1.29 is 34.8 Å². The largest absolute Gasteiger partial charge is 0.511 e. The van der Waals surface area contributed by atoms with Gasteiger partial charge in [-0.25, -0.2) is 21.6 Å². The van der Waals surface area contributed by atoms with E-state index in [-0.39, 0.29) is 28.5 Å². The number of alkyl halides is 3. The topological polar surface area (TPSA) is 159 Å². The SMILES string of the molecule is CSc1sc(C(=N)N)cc1S(=O)(=O)c1cccc(-c2c(C)cccc2NC(=O)CCCNS(=O)(=O)C(F)(F)F)c1. The second kappa shape index (κ2) is 12.3. The van der Waals surface area contributed by atoms with Crippen LogP contribution in [0.25, 0.3) is 11.1 Å². The van der Waals surface area contributed by atoms with Crippen molar-refractivity contribution in [3.05, 3.63) is 59.0 Å². The number of carbonyl (C=O) groups excluding carboxylic acids is 1. The number of anilines is 1. The molecule has 0 saturated carbocycles. The molecule has 3 rings (SSSR count). The van der Waals surface area contributed by atoms with Crippen molar-refractivity contribution in [2.75, 3.05) is 18.1 Å². The second-order valence-electron chi connectivity index (χ2n) is 8.40. The molecule has 0 aliphatic carbocycles. The molecular weight excluding hydrogens is 610 g/mol. The third-order valence-corrected chi connectivity index (χ3v) is 11.1. The van der Waals surface area contributed by atoms with Crippen LogP contribution in [0.5, 0.6) is 0 Å². The Kier molecular flexibility index (Phi) is 9.72. The van der Waals surface area contributed by atoms with Crippen molar-refractivity contribution in [2.45, 2.75) is 39.3 Å². The number of amidine groups is 1. The number of thiophene rings is 1. The highest BCUT2D eigenvalue weighted by Crippen LogP contribution is 2.39. The number of nitrogens with two attached hydrogens (primary N) is 1. The van der Waals surface area contributed by atoms with Crippen LogP contribution in [0.1, 0.15) is 23.3 Å². The van der Waals surface area contributed by atoms with Crippen molar-refractivity contribution >= 4 is 60.4 Å². The van der Waals surface area contributed by atoms with Crippen LogP contribution >= 0.6 is 23.1 Å². The Labute approximate surface area is 237 Å². The molecule has 0 atom stereocenters. The van der Waals surface area contributed by atoms with E-state index in [0.29, 0.717) is 31.5 Å². The van der Waals surface area contributed by atoms with Gasteiger partial charge in [0.05, 0.1) is 18.9 Å². The van der Waals surface area contributed by atoms with Crippen LogP contribution in [0, 0.1) is 12.3 Å². The van der Waals surface area contributed by atoms with Gasteiger partial charge in [0.25, 0.3) is 0 Å². The number of sulfone groups is 1. The van der Waals surface area contributed by atoms with Crippen LogP contribution in [0.2, 0.25) is 0 Å². The standard InChI is InChI=1S/C24H25F3N4O5S4/c1-14-6-3-9-17(31-20(32)10-5-11-30-40(35,36)24(25,26)27)21(14)15-7-4-8-16(12-15)39(33,34)19-13-18(22(28)29)38-23(19)37-2/h3-4,6-9,12-13,30H,5,10-11H2,1-2H3,(H3,28,29)(H,31,32). The van der Waals surface area contributed by atoms with E-state index in [0.717, 1.165) is 11.3 Å². The van der Waals surface area contributed by atoms with Gasteiger partial charge < -0.3 is 11.1 Å². The molecule has 0 aliphatic rings. The number of aryl methyl sites for hydroxylation is 1. The monoisotopic (exact) mass is 634 g/mol.